The summed E-state index contributed by atoms with van der Waals surface area (Å²) < 4.78 is 27.0. The van der Waals surface area contributed by atoms with Gasteiger partial charge in [-0.25, -0.2) is 12.7 Å². The Bertz CT molecular complexity index is 1510. The molecule has 0 aromatic heterocycles. The Balaban J connectivity index is 1.49. The number of carbonyl (C=O) groups is 3. The highest BCUT2D eigenvalue weighted by Crippen LogP contribution is 2.30. The lowest BCUT2D eigenvalue weighted by Gasteiger charge is -2.33. The number of hydrogen-bond acceptors (Lipinski definition) is 5. The number of halogens is 1. The van der Waals surface area contributed by atoms with E-state index in [9.17, 15) is 22.8 Å². The molecule has 3 aromatic carbocycles. The molecule has 1 fully saturated rings. The molecule has 0 unspecified atom stereocenters. The summed E-state index contributed by atoms with van der Waals surface area (Å²) in [5.74, 6) is -1.72. The van der Waals surface area contributed by atoms with Crippen molar-refractivity contribution in [2.24, 2.45) is 0 Å². The maximum absolute atomic E-state index is 14.0. The van der Waals surface area contributed by atoms with E-state index < -0.39 is 34.4 Å². The third-order valence-electron chi connectivity index (χ3n) is 7.43. The first-order valence-electron chi connectivity index (χ1n) is 13.3. The van der Waals surface area contributed by atoms with Crippen LogP contribution in [0.4, 0.5) is 0 Å². The summed E-state index contributed by atoms with van der Waals surface area (Å²) in [7, 11) is -4.21. The fourth-order valence-electron chi connectivity index (χ4n) is 5.31. The van der Waals surface area contributed by atoms with Crippen LogP contribution < -0.4 is 5.32 Å². The number of benzene rings is 3. The molecular weight excluding hydrogens is 550 g/mol. The second kappa shape index (κ2) is 11.8. The molecule has 1 aliphatic carbocycles. The molecule has 8 nitrogen and oxygen atoms in total. The highest BCUT2D eigenvalue weighted by molar-refractivity contribution is 7.90. The van der Waals surface area contributed by atoms with Crippen LogP contribution in [0.1, 0.15) is 47.2 Å². The van der Waals surface area contributed by atoms with E-state index in [1.807, 2.05) is 30.3 Å². The van der Waals surface area contributed by atoms with Crippen LogP contribution in [0, 0.1) is 0 Å². The van der Waals surface area contributed by atoms with E-state index in [0.29, 0.717) is 14.9 Å². The van der Waals surface area contributed by atoms with Crippen LogP contribution in [0.15, 0.2) is 83.8 Å². The van der Waals surface area contributed by atoms with E-state index in [2.05, 4.69) is 5.32 Å². The number of sulfonamides is 1. The molecule has 10 heteroatoms. The molecule has 1 aliphatic heterocycles. The first-order valence-corrected chi connectivity index (χ1v) is 15.1. The summed E-state index contributed by atoms with van der Waals surface area (Å²) in [4.78, 5) is 42.1. The molecule has 1 atom stereocenters. The molecule has 3 aromatic rings. The van der Waals surface area contributed by atoms with E-state index in [4.69, 9.17) is 11.6 Å². The lowest BCUT2D eigenvalue weighted by molar-refractivity contribution is -0.141. The Morgan fingerprint density at radius 3 is 2.25 bits per heavy atom. The van der Waals surface area contributed by atoms with Crippen LogP contribution in [0.25, 0.3) is 0 Å². The van der Waals surface area contributed by atoms with Gasteiger partial charge in [-0.1, -0.05) is 79.0 Å². The lowest BCUT2D eigenvalue weighted by Crippen LogP contribution is -2.54. The number of nitrogens with one attached hydrogen (secondary N) is 1. The fraction of sp³-hybridized carbons (Fsp3) is 0.300. The van der Waals surface area contributed by atoms with Gasteiger partial charge in [0.25, 0.3) is 15.9 Å². The zero-order valence-electron chi connectivity index (χ0n) is 21.8. The third-order valence-corrected chi connectivity index (χ3v) is 9.47. The Kier molecular flexibility index (Phi) is 8.23. The van der Waals surface area contributed by atoms with Gasteiger partial charge in [-0.15, -0.1) is 0 Å². The fourth-order valence-corrected chi connectivity index (χ4v) is 6.95. The maximum Gasteiger partial charge on any atom is 0.269 e. The molecule has 1 heterocycles. The predicted molar refractivity (Wildman–Crippen MR) is 151 cm³/mol. The van der Waals surface area contributed by atoms with Crippen molar-refractivity contribution in [2.45, 2.75) is 55.6 Å². The summed E-state index contributed by atoms with van der Waals surface area (Å²) in [6.07, 6.45) is 4.01. The number of fused-ring (bicyclic) bond motifs is 1. The molecule has 208 valence electrons. The molecular formula is C30H30ClN3O5S. The number of rotatable bonds is 9. The summed E-state index contributed by atoms with van der Waals surface area (Å²) >= 11 is 6.08. The molecule has 0 radical (unpaired) electrons. The molecule has 1 saturated carbocycles. The van der Waals surface area contributed by atoms with Gasteiger partial charge < -0.3 is 10.2 Å². The predicted octanol–water partition coefficient (Wildman–Crippen LogP) is 4.18. The maximum atomic E-state index is 14.0. The topological polar surface area (TPSA) is 104 Å². The quantitative estimate of drug-likeness (QED) is 0.409. The second-order valence-corrected chi connectivity index (χ2v) is 12.4. The molecule has 1 N–H and O–H groups in total. The smallest absolute Gasteiger partial charge is 0.269 e. The van der Waals surface area contributed by atoms with Crippen LogP contribution in [0.3, 0.4) is 0 Å². The zero-order valence-corrected chi connectivity index (χ0v) is 23.4. The van der Waals surface area contributed by atoms with Crippen molar-refractivity contribution < 1.29 is 22.8 Å². The highest BCUT2D eigenvalue weighted by Gasteiger charge is 2.43. The Morgan fingerprint density at radius 2 is 1.57 bits per heavy atom. The van der Waals surface area contributed by atoms with Crippen molar-refractivity contribution >= 4 is 39.3 Å². The van der Waals surface area contributed by atoms with Gasteiger partial charge in [0.2, 0.25) is 11.8 Å². The number of hydrogen-bond donors (Lipinski definition) is 1. The van der Waals surface area contributed by atoms with Gasteiger partial charge in [-0.3, -0.25) is 14.4 Å². The van der Waals surface area contributed by atoms with E-state index in [1.165, 1.54) is 23.1 Å². The van der Waals surface area contributed by atoms with Crippen LogP contribution >= 0.6 is 11.6 Å². The van der Waals surface area contributed by atoms with Gasteiger partial charge in [-0.2, -0.15) is 0 Å². The van der Waals surface area contributed by atoms with Crippen molar-refractivity contribution in [3.05, 3.63) is 101 Å². The average molecular weight is 580 g/mol. The van der Waals surface area contributed by atoms with Gasteiger partial charge in [-0.05, 0) is 48.2 Å². The first-order chi connectivity index (χ1) is 19.2. The molecule has 40 heavy (non-hydrogen) atoms. The van der Waals surface area contributed by atoms with Crippen molar-refractivity contribution in [3.8, 4) is 0 Å². The van der Waals surface area contributed by atoms with E-state index in [0.717, 1.165) is 31.2 Å². The van der Waals surface area contributed by atoms with Crippen LogP contribution in [-0.4, -0.2) is 54.0 Å². The minimum atomic E-state index is -4.21. The van der Waals surface area contributed by atoms with Crippen LogP contribution in [-0.2, 0) is 32.6 Å². The summed E-state index contributed by atoms with van der Waals surface area (Å²) in [5, 5.41) is 3.63. The summed E-state index contributed by atoms with van der Waals surface area (Å²) in [6.45, 7) is -0.688. The van der Waals surface area contributed by atoms with Gasteiger partial charge in [0.15, 0.2) is 0 Å². The molecule has 0 spiro atoms. The Morgan fingerprint density at radius 1 is 0.925 bits per heavy atom. The second-order valence-electron chi connectivity index (χ2n) is 10.2. The van der Waals surface area contributed by atoms with Crippen LogP contribution in [0.2, 0.25) is 5.02 Å². The van der Waals surface area contributed by atoms with Crippen molar-refractivity contribution in [3.63, 3.8) is 0 Å². The zero-order chi connectivity index (χ0) is 28.3. The van der Waals surface area contributed by atoms with Crippen molar-refractivity contribution in [1.29, 1.82) is 0 Å². The highest BCUT2D eigenvalue weighted by atomic mass is 35.5. The lowest BCUT2D eigenvalue weighted by atomic mass is 10.0. The Hall–Kier alpha value is -3.69. The number of carbonyl (C=O) groups excluding carboxylic acids is 3. The van der Waals surface area contributed by atoms with E-state index in [1.54, 1.807) is 30.3 Å². The number of amides is 3. The van der Waals surface area contributed by atoms with Gasteiger partial charge in [0.05, 0.1) is 5.56 Å². The van der Waals surface area contributed by atoms with Gasteiger partial charge in [0, 0.05) is 24.0 Å². The Labute approximate surface area is 239 Å². The standard InChI is InChI=1S/C30H30ClN3O5S/c31-23-16-14-22(15-17-23)19-33(28(35)20-34-30(37)25-12-6-7-13-27(25)40(34,38)39)26(18-21-8-2-1-3-9-21)29(36)32-24-10-4-5-11-24/h1-3,6-9,12-17,24,26H,4-5,10-11,18-20H2,(H,32,36)/t26-/m0/s1. The molecule has 3 amide bonds. The molecule has 0 saturated heterocycles. The first kappa shape index (κ1) is 27.9. The molecule has 5 rings (SSSR count). The largest absolute Gasteiger partial charge is 0.352 e. The minimum Gasteiger partial charge on any atom is -0.352 e. The minimum absolute atomic E-state index is 0.0216. The SMILES string of the molecule is O=C(NC1CCCC1)[C@H](Cc1ccccc1)N(Cc1ccc(Cl)cc1)C(=O)CN1C(=O)c2ccccc2S1(=O)=O. The van der Waals surface area contributed by atoms with Crippen LogP contribution in [0.5, 0.6) is 0 Å². The molecule has 2 aliphatic rings. The van der Waals surface area contributed by atoms with E-state index in [-0.39, 0.29) is 35.4 Å². The van der Waals surface area contributed by atoms with Crippen molar-refractivity contribution in [2.75, 3.05) is 6.54 Å². The molecule has 0 bridgehead atoms. The van der Waals surface area contributed by atoms with E-state index >= 15 is 0 Å². The third kappa shape index (κ3) is 5.90. The van der Waals surface area contributed by atoms with Crippen molar-refractivity contribution in [1.82, 2.24) is 14.5 Å². The average Bonchev–Trinajstić information content (AvgIpc) is 3.53. The number of nitrogens with zero attached hydrogens (tertiary/aromatic N) is 2. The van der Waals surface area contributed by atoms with Gasteiger partial charge in [0.1, 0.15) is 17.5 Å². The summed E-state index contributed by atoms with van der Waals surface area (Å²) in [5.41, 5.74) is 1.59. The normalized spacial score (nSPS) is 16.9. The van der Waals surface area contributed by atoms with Gasteiger partial charge >= 0.3 is 0 Å². The monoisotopic (exact) mass is 579 g/mol. The summed E-state index contributed by atoms with van der Waals surface area (Å²) in [6, 6.07) is 21.2.